The summed E-state index contributed by atoms with van der Waals surface area (Å²) in [5, 5.41) is 11.7. The summed E-state index contributed by atoms with van der Waals surface area (Å²) in [5.74, 6) is -0.330. The largest absolute Gasteiger partial charge is 0.484 e. The molecule has 1 aromatic carbocycles. The summed E-state index contributed by atoms with van der Waals surface area (Å²) >= 11 is 0. The molecule has 100 valence electrons. The number of ether oxygens (including phenoxy) is 1. The number of halogens is 1. The maximum Gasteiger partial charge on any atom is 0.257 e. The molecule has 1 atom stereocenters. The topological polar surface area (TPSA) is 58.6 Å². The zero-order valence-corrected chi connectivity index (χ0v) is 10.4. The van der Waals surface area contributed by atoms with Crippen LogP contribution in [0.5, 0.6) is 5.75 Å². The van der Waals surface area contributed by atoms with Gasteiger partial charge in [0.25, 0.3) is 5.91 Å². The third-order valence-electron chi connectivity index (χ3n) is 2.29. The van der Waals surface area contributed by atoms with E-state index >= 15 is 0 Å². The number of carbonyl (C=O) groups excluding carboxylic acids is 1. The lowest BCUT2D eigenvalue weighted by Gasteiger charge is -2.08. The van der Waals surface area contributed by atoms with Crippen LogP contribution < -0.4 is 10.1 Å². The molecule has 1 unspecified atom stereocenters. The lowest BCUT2D eigenvalue weighted by atomic mass is 10.2. The van der Waals surface area contributed by atoms with Crippen LogP contribution in [0.4, 0.5) is 4.39 Å². The van der Waals surface area contributed by atoms with Crippen LogP contribution >= 0.6 is 0 Å². The number of aliphatic hydroxyl groups excluding tert-OH is 1. The highest BCUT2D eigenvalue weighted by atomic mass is 19.1. The van der Waals surface area contributed by atoms with E-state index in [1.807, 2.05) is 0 Å². The van der Waals surface area contributed by atoms with Gasteiger partial charge in [0.2, 0.25) is 0 Å². The van der Waals surface area contributed by atoms with Crippen LogP contribution in [0.3, 0.4) is 0 Å². The van der Waals surface area contributed by atoms with E-state index in [-0.39, 0.29) is 18.6 Å². The monoisotopic (exact) mass is 255 g/mol. The Kier molecular flexibility index (Phi) is 6.14. The van der Waals surface area contributed by atoms with Crippen molar-refractivity contribution in [2.75, 3.05) is 13.2 Å². The fourth-order valence-electron chi connectivity index (χ4n) is 1.38. The molecule has 1 rings (SSSR count). The molecule has 0 heterocycles. The number of aliphatic hydroxyl groups is 1. The van der Waals surface area contributed by atoms with Gasteiger partial charge in [-0.3, -0.25) is 4.79 Å². The highest BCUT2D eigenvalue weighted by Crippen LogP contribution is 2.11. The molecule has 2 N–H and O–H groups in total. The SMILES string of the molecule is CC(O)CCCNC(=O)COc1cccc(F)c1. The van der Waals surface area contributed by atoms with Crippen molar-refractivity contribution in [2.45, 2.75) is 25.9 Å². The second-order valence-corrected chi connectivity index (χ2v) is 4.09. The number of nitrogens with one attached hydrogen (secondary N) is 1. The van der Waals surface area contributed by atoms with Gasteiger partial charge in [0, 0.05) is 12.6 Å². The molecule has 0 aliphatic heterocycles. The van der Waals surface area contributed by atoms with Crippen molar-refractivity contribution in [1.82, 2.24) is 5.32 Å². The van der Waals surface area contributed by atoms with Gasteiger partial charge in [-0.1, -0.05) is 6.07 Å². The molecule has 18 heavy (non-hydrogen) atoms. The lowest BCUT2D eigenvalue weighted by Crippen LogP contribution is -2.30. The molecule has 0 aliphatic carbocycles. The Morgan fingerprint density at radius 3 is 3.00 bits per heavy atom. The molecule has 0 fully saturated rings. The van der Waals surface area contributed by atoms with Gasteiger partial charge >= 0.3 is 0 Å². The predicted octanol–water partition coefficient (Wildman–Crippen LogP) is 1.48. The van der Waals surface area contributed by atoms with E-state index in [0.717, 1.165) is 0 Å². The van der Waals surface area contributed by atoms with E-state index in [1.165, 1.54) is 18.2 Å². The zero-order chi connectivity index (χ0) is 13.4. The maximum atomic E-state index is 12.8. The summed E-state index contributed by atoms with van der Waals surface area (Å²) in [6, 6.07) is 5.64. The van der Waals surface area contributed by atoms with Gasteiger partial charge in [0.05, 0.1) is 6.10 Å². The first kappa shape index (κ1) is 14.4. The second-order valence-electron chi connectivity index (χ2n) is 4.09. The van der Waals surface area contributed by atoms with E-state index in [4.69, 9.17) is 9.84 Å². The number of amides is 1. The lowest BCUT2D eigenvalue weighted by molar-refractivity contribution is -0.123. The third kappa shape index (κ3) is 6.20. The van der Waals surface area contributed by atoms with Crippen LogP contribution in [0.25, 0.3) is 0 Å². The van der Waals surface area contributed by atoms with Crippen LogP contribution in [0, 0.1) is 5.82 Å². The number of hydrogen-bond donors (Lipinski definition) is 2. The second kappa shape index (κ2) is 7.66. The van der Waals surface area contributed by atoms with Gasteiger partial charge in [-0.15, -0.1) is 0 Å². The Hall–Kier alpha value is -1.62. The normalized spacial score (nSPS) is 11.9. The molecule has 0 aliphatic rings. The molecule has 0 radical (unpaired) electrons. The van der Waals surface area contributed by atoms with Crippen LogP contribution in [-0.4, -0.2) is 30.3 Å². The Morgan fingerprint density at radius 2 is 2.33 bits per heavy atom. The zero-order valence-electron chi connectivity index (χ0n) is 10.4. The van der Waals surface area contributed by atoms with Crippen molar-refractivity contribution in [3.05, 3.63) is 30.1 Å². The van der Waals surface area contributed by atoms with Crippen LogP contribution in [0.2, 0.25) is 0 Å². The molecule has 1 amide bonds. The van der Waals surface area contributed by atoms with Crippen molar-refractivity contribution in [3.63, 3.8) is 0 Å². The third-order valence-corrected chi connectivity index (χ3v) is 2.29. The molecule has 0 saturated heterocycles. The molecule has 0 bridgehead atoms. The number of hydrogen-bond acceptors (Lipinski definition) is 3. The van der Waals surface area contributed by atoms with Crippen molar-refractivity contribution < 1.29 is 19.0 Å². The predicted molar refractivity (Wildman–Crippen MR) is 65.8 cm³/mol. The van der Waals surface area contributed by atoms with E-state index in [0.29, 0.717) is 25.1 Å². The van der Waals surface area contributed by atoms with E-state index < -0.39 is 5.82 Å². The summed E-state index contributed by atoms with van der Waals surface area (Å²) in [5.41, 5.74) is 0. The summed E-state index contributed by atoms with van der Waals surface area (Å²) in [6.45, 7) is 2.06. The molecule has 4 nitrogen and oxygen atoms in total. The van der Waals surface area contributed by atoms with Crippen LogP contribution in [-0.2, 0) is 4.79 Å². The fraction of sp³-hybridized carbons (Fsp3) is 0.462. The fourth-order valence-corrected chi connectivity index (χ4v) is 1.38. The van der Waals surface area contributed by atoms with E-state index in [1.54, 1.807) is 13.0 Å². The minimum Gasteiger partial charge on any atom is -0.484 e. The smallest absolute Gasteiger partial charge is 0.257 e. The van der Waals surface area contributed by atoms with Crippen molar-refractivity contribution in [1.29, 1.82) is 0 Å². The van der Waals surface area contributed by atoms with Gasteiger partial charge in [-0.2, -0.15) is 0 Å². The van der Waals surface area contributed by atoms with Crippen molar-refractivity contribution in [2.24, 2.45) is 0 Å². The molecule has 0 spiro atoms. The first-order chi connectivity index (χ1) is 8.58. The quantitative estimate of drug-likeness (QED) is 0.726. The Morgan fingerprint density at radius 1 is 1.56 bits per heavy atom. The number of carbonyl (C=O) groups is 1. The van der Waals surface area contributed by atoms with Gasteiger partial charge in [-0.05, 0) is 31.9 Å². The highest BCUT2D eigenvalue weighted by molar-refractivity contribution is 5.77. The molecule has 5 heteroatoms. The molecular weight excluding hydrogens is 237 g/mol. The Balaban J connectivity index is 2.17. The van der Waals surface area contributed by atoms with Gasteiger partial charge in [0.1, 0.15) is 11.6 Å². The Labute approximate surface area is 106 Å². The maximum absolute atomic E-state index is 12.8. The average molecular weight is 255 g/mol. The van der Waals surface area contributed by atoms with Crippen molar-refractivity contribution in [3.8, 4) is 5.75 Å². The van der Waals surface area contributed by atoms with E-state index in [9.17, 15) is 9.18 Å². The molecule has 1 aromatic rings. The molecular formula is C13H18FNO3. The minimum atomic E-state index is -0.398. The average Bonchev–Trinajstić information content (AvgIpc) is 2.32. The Bertz CT molecular complexity index is 382. The summed E-state index contributed by atoms with van der Waals surface area (Å²) in [7, 11) is 0. The summed E-state index contributed by atoms with van der Waals surface area (Å²) in [6.07, 6.45) is 0.999. The summed E-state index contributed by atoms with van der Waals surface area (Å²) in [4.78, 5) is 11.4. The molecule has 0 aromatic heterocycles. The summed E-state index contributed by atoms with van der Waals surface area (Å²) < 4.78 is 17.9. The minimum absolute atomic E-state index is 0.141. The van der Waals surface area contributed by atoms with Crippen LogP contribution in [0.15, 0.2) is 24.3 Å². The van der Waals surface area contributed by atoms with E-state index in [2.05, 4.69) is 5.32 Å². The van der Waals surface area contributed by atoms with Crippen molar-refractivity contribution >= 4 is 5.91 Å². The molecule has 0 saturated carbocycles. The highest BCUT2D eigenvalue weighted by Gasteiger charge is 2.03. The first-order valence-corrected chi connectivity index (χ1v) is 5.91. The van der Waals surface area contributed by atoms with Gasteiger partial charge in [-0.25, -0.2) is 4.39 Å². The van der Waals surface area contributed by atoms with Crippen LogP contribution in [0.1, 0.15) is 19.8 Å². The standard InChI is InChI=1S/C13H18FNO3/c1-10(16)4-3-7-15-13(17)9-18-12-6-2-5-11(14)8-12/h2,5-6,8,10,16H,3-4,7,9H2,1H3,(H,15,17). The number of rotatable bonds is 7. The van der Waals surface area contributed by atoms with Gasteiger partial charge in [0.15, 0.2) is 6.61 Å². The first-order valence-electron chi connectivity index (χ1n) is 5.91. The number of benzene rings is 1. The van der Waals surface area contributed by atoms with Gasteiger partial charge < -0.3 is 15.2 Å².